The first-order chi connectivity index (χ1) is 13.9. The van der Waals surface area contributed by atoms with E-state index >= 15 is 0 Å². The molecule has 0 spiro atoms. The summed E-state index contributed by atoms with van der Waals surface area (Å²) in [5.74, 6) is 0.649. The predicted octanol–water partition coefficient (Wildman–Crippen LogP) is 4.21. The van der Waals surface area contributed by atoms with Crippen LogP contribution in [0.3, 0.4) is 0 Å². The molecule has 0 saturated carbocycles. The van der Waals surface area contributed by atoms with Crippen molar-refractivity contribution in [3.05, 3.63) is 35.5 Å². The second-order valence-electron chi connectivity index (χ2n) is 9.20. The van der Waals surface area contributed by atoms with Crippen molar-refractivity contribution in [3.63, 3.8) is 0 Å². The molecule has 1 N–H and O–H groups in total. The molecule has 4 rings (SSSR count). The number of benzene rings is 1. The quantitative estimate of drug-likeness (QED) is 0.796. The van der Waals surface area contributed by atoms with Gasteiger partial charge in [-0.25, -0.2) is 0 Å². The Bertz CT molecular complexity index is 929. The van der Waals surface area contributed by atoms with Crippen LogP contribution in [0.5, 0.6) is 0 Å². The largest absolute Gasteiger partial charge is 0.356 e. The lowest BCUT2D eigenvalue weighted by atomic mass is 9.82. The Kier molecular flexibility index (Phi) is 5.18. The second-order valence-corrected chi connectivity index (χ2v) is 9.20. The molecule has 5 heteroatoms. The van der Waals surface area contributed by atoms with Crippen LogP contribution >= 0.6 is 0 Å². The van der Waals surface area contributed by atoms with Crippen LogP contribution in [0.2, 0.25) is 0 Å². The fourth-order valence-electron chi connectivity index (χ4n) is 5.32. The summed E-state index contributed by atoms with van der Waals surface area (Å²) in [5.41, 5.74) is 2.81. The number of piperazine rings is 1. The number of fused-ring (bicyclic) bond motifs is 4. The van der Waals surface area contributed by atoms with Crippen molar-refractivity contribution >= 4 is 22.7 Å². The lowest BCUT2D eigenvalue weighted by Crippen LogP contribution is -2.67. The number of para-hydroxylation sites is 1. The number of unbranched alkanes of at least 4 members (excludes halogenated alkanes) is 1. The molecule has 29 heavy (non-hydrogen) atoms. The fourth-order valence-corrected chi connectivity index (χ4v) is 5.32. The summed E-state index contributed by atoms with van der Waals surface area (Å²) >= 11 is 0. The second kappa shape index (κ2) is 7.51. The number of H-pyrrole nitrogens is 1. The minimum Gasteiger partial charge on any atom is -0.356 e. The summed E-state index contributed by atoms with van der Waals surface area (Å²) in [6, 6.07) is 7.83. The normalized spacial score (nSPS) is 22.0. The van der Waals surface area contributed by atoms with E-state index in [1.807, 2.05) is 21.9 Å². The van der Waals surface area contributed by atoms with E-state index in [1.165, 1.54) is 17.4 Å². The zero-order chi connectivity index (χ0) is 20.8. The van der Waals surface area contributed by atoms with E-state index in [4.69, 9.17) is 0 Å². The molecule has 1 aromatic heterocycles. The minimum absolute atomic E-state index is 0.0641. The highest BCUT2D eigenvalue weighted by Crippen LogP contribution is 2.42. The third-order valence-electron chi connectivity index (χ3n) is 6.95. The first kappa shape index (κ1) is 20.0. The standard InChI is InChI=1S/C24H33N3O2/c1-5-7-10-16(6-2)14-26-15-21(28)27-20(23(26)29)13-18-17-11-8-9-12-19(17)25-22(18)24(27,3)4/h8-9,11-12,16,20,25H,5-7,10,13-15H2,1-4H3. The monoisotopic (exact) mass is 395 g/mol. The Hall–Kier alpha value is -2.30. The topological polar surface area (TPSA) is 56.4 Å². The summed E-state index contributed by atoms with van der Waals surface area (Å²) in [4.78, 5) is 33.9. The van der Waals surface area contributed by atoms with Gasteiger partial charge in [-0.15, -0.1) is 0 Å². The maximum atomic E-state index is 13.5. The Labute approximate surface area is 173 Å². The third kappa shape index (κ3) is 3.24. The molecular formula is C24H33N3O2. The lowest BCUT2D eigenvalue weighted by Gasteiger charge is -2.51. The summed E-state index contributed by atoms with van der Waals surface area (Å²) in [5, 5.41) is 1.17. The number of hydrogen-bond acceptors (Lipinski definition) is 2. The number of nitrogens with one attached hydrogen (secondary N) is 1. The highest BCUT2D eigenvalue weighted by molar-refractivity contribution is 5.97. The average Bonchev–Trinajstić information content (AvgIpc) is 3.08. The summed E-state index contributed by atoms with van der Waals surface area (Å²) < 4.78 is 0. The predicted molar refractivity (Wildman–Crippen MR) is 116 cm³/mol. The van der Waals surface area contributed by atoms with Crippen LogP contribution in [0.1, 0.15) is 64.6 Å². The van der Waals surface area contributed by atoms with Crippen LogP contribution in [-0.4, -0.2) is 45.7 Å². The van der Waals surface area contributed by atoms with Crippen LogP contribution in [-0.2, 0) is 21.5 Å². The number of carbonyl (C=O) groups excluding carboxylic acids is 2. The zero-order valence-corrected chi connectivity index (χ0v) is 18.1. The molecule has 0 radical (unpaired) electrons. The third-order valence-corrected chi connectivity index (χ3v) is 6.95. The van der Waals surface area contributed by atoms with Crippen LogP contribution < -0.4 is 0 Å². The van der Waals surface area contributed by atoms with Crippen molar-refractivity contribution in [3.8, 4) is 0 Å². The van der Waals surface area contributed by atoms with Crippen molar-refractivity contribution in [2.24, 2.45) is 5.92 Å². The van der Waals surface area contributed by atoms with Crippen molar-refractivity contribution in [1.29, 1.82) is 0 Å². The first-order valence-corrected chi connectivity index (χ1v) is 11.1. The zero-order valence-electron chi connectivity index (χ0n) is 18.1. The number of carbonyl (C=O) groups is 2. The average molecular weight is 396 g/mol. The van der Waals surface area contributed by atoms with Gasteiger partial charge in [0.15, 0.2) is 0 Å². The van der Waals surface area contributed by atoms with Crippen LogP contribution in [0.4, 0.5) is 0 Å². The van der Waals surface area contributed by atoms with Gasteiger partial charge in [-0.2, -0.15) is 0 Å². The Balaban J connectivity index is 1.67. The molecule has 0 bridgehead atoms. The molecule has 3 heterocycles. The maximum Gasteiger partial charge on any atom is 0.246 e. The molecule has 156 valence electrons. The molecule has 2 atom stereocenters. The van der Waals surface area contributed by atoms with Gasteiger partial charge in [0.1, 0.15) is 6.04 Å². The number of hydrogen-bond donors (Lipinski definition) is 1. The molecular weight excluding hydrogens is 362 g/mol. The van der Waals surface area contributed by atoms with Crippen molar-refractivity contribution in [2.45, 2.75) is 71.4 Å². The molecule has 1 saturated heterocycles. The van der Waals surface area contributed by atoms with Crippen molar-refractivity contribution in [2.75, 3.05) is 13.1 Å². The van der Waals surface area contributed by atoms with Crippen LogP contribution in [0.15, 0.2) is 24.3 Å². The number of aromatic amines is 1. The van der Waals surface area contributed by atoms with Gasteiger partial charge in [-0.05, 0) is 37.8 Å². The van der Waals surface area contributed by atoms with Crippen LogP contribution in [0.25, 0.3) is 10.9 Å². The number of nitrogens with zero attached hydrogens (tertiary/aromatic N) is 2. The lowest BCUT2D eigenvalue weighted by molar-refractivity contribution is -0.164. The Morgan fingerprint density at radius 3 is 2.69 bits per heavy atom. The number of rotatable bonds is 6. The molecule has 2 amide bonds. The minimum atomic E-state index is -0.525. The van der Waals surface area contributed by atoms with E-state index in [0.29, 0.717) is 18.9 Å². The molecule has 5 nitrogen and oxygen atoms in total. The first-order valence-electron chi connectivity index (χ1n) is 11.1. The highest BCUT2D eigenvalue weighted by Gasteiger charge is 2.51. The SMILES string of the molecule is CCCCC(CC)CN1CC(=O)N2C(Cc3c([nH]c4ccccc34)C2(C)C)C1=O. The molecule has 2 aliphatic heterocycles. The van der Waals surface area contributed by atoms with Crippen molar-refractivity contribution < 1.29 is 9.59 Å². The van der Waals surface area contributed by atoms with Crippen molar-refractivity contribution in [1.82, 2.24) is 14.8 Å². The Morgan fingerprint density at radius 1 is 1.21 bits per heavy atom. The van der Waals surface area contributed by atoms with E-state index < -0.39 is 11.6 Å². The summed E-state index contributed by atoms with van der Waals surface area (Å²) in [6.07, 6.45) is 5.10. The summed E-state index contributed by atoms with van der Waals surface area (Å²) in [7, 11) is 0. The number of amides is 2. The number of aromatic nitrogens is 1. The van der Waals surface area contributed by atoms with E-state index in [9.17, 15) is 9.59 Å². The van der Waals surface area contributed by atoms with E-state index in [2.05, 4.69) is 44.8 Å². The van der Waals surface area contributed by atoms with E-state index in [1.54, 1.807) is 0 Å². The van der Waals surface area contributed by atoms with Gasteiger partial charge < -0.3 is 14.8 Å². The van der Waals surface area contributed by atoms with Gasteiger partial charge in [-0.3, -0.25) is 9.59 Å². The molecule has 1 aromatic carbocycles. The fraction of sp³-hybridized carbons (Fsp3) is 0.583. The Morgan fingerprint density at radius 2 is 1.97 bits per heavy atom. The van der Waals surface area contributed by atoms with E-state index in [-0.39, 0.29) is 18.4 Å². The maximum absolute atomic E-state index is 13.5. The van der Waals surface area contributed by atoms with Gasteiger partial charge >= 0.3 is 0 Å². The summed E-state index contributed by atoms with van der Waals surface area (Å²) in [6.45, 7) is 9.41. The molecule has 2 aliphatic rings. The van der Waals surface area contributed by atoms with Gasteiger partial charge in [0.2, 0.25) is 11.8 Å². The molecule has 2 unspecified atom stereocenters. The van der Waals surface area contributed by atoms with Gasteiger partial charge in [0.25, 0.3) is 0 Å². The smallest absolute Gasteiger partial charge is 0.246 e. The molecule has 1 fully saturated rings. The molecule has 2 aromatic rings. The van der Waals surface area contributed by atoms with Gasteiger partial charge in [-0.1, -0.05) is 51.3 Å². The van der Waals surface area contributed by atoms with Gasteiger partial charge in [0.05, 0.1) is 12.1 Å². The van der Waals surface area contributed by atoms with Gasteiger partial charge in [0, 0.05) is 29.6 Å². The van der Waals surface area contributed by atoms with E-state index in [0.717, 1.165) is 30.5 Å². The molecule has 0 aliphatic carbocycles. The highest BCUT2D eigenvalue weighted by atomic mass is 16.2. The van der Waals surface area contributed by atoms with Crippen LogP contribution in [0, 0.1) is 5.92 Å².